The summed E-state index contributed by atoms with van der Waals surface area (Å²) in [7, 11) is 1.54. The predicted molar refractivity (Wildman–Crippen MR) is 104 cm³/mol. The minimum absolute atomic E-state index is 0.237. The summed E-state index contributed by atoms with van der Waals surface area (Å²) in [5, 5.41) is 6.12. The molecule has 3 rings (SSSR count). The van der Waals surface area contributed by atoms with Crippen molar-refractivity contribution in [2.24, 2.45) is 0 Å². The molecule has 0 bridgehead atoms. The highest BCUT2D eigenvalue weighted by Gasteiger charge is 2.11. The number of pyridine rings is 1. The molecule has 2 aromatic carbocycles. The standard InChI is InChI=1S/C21H21N3O2/c1-14-8-10-18(15(2)12-14)24-20-11-9-16(13-22-20)23-21(25)17-6-4-5-7-19(17)26-3/h4-13H,1-3H3,(H,22,24)(H,23,25). The van der Waals surface area contributed by atoms with Crippen LogP contribution >= 0.6 is 0 Å². The fraction of sp³-hybridized carbons (Fsp3) is 0.143. The molecule has 0 aliphatic heterocycles. The number of hydrogen-bond acceptors (Lipinski definition) is 4. The smallest absolute Gasteiger partial charge is 0.259 e. The van der Waals surface area contributed by atoms with Crippen LogP contribution in [0.2, 0.25) is 0 Å². The number of amides is 1. The van der Waals surface area contributed by atoms with Gasteiger partial charge in [-0.1, -0.05) is 29.8 Å². The fourth-order valence-corrected chi connectivity index (χ4v) is 2.66. The Labute approximate surface area is 153 Å². The maximum absolute atomic E-state index is 12.4. The first-order chi connectivity index (χ1) is 12.6. The first kappa shape index (κ1) is 17.5. The minimum atomic E-state index is -0.237. The number of hydrogen-bond donors (Lipinski definition) is 2. The second kappa shape index (κ2) is 7.70. The third-order valence-corrected chi connectivity index (χ3v) is 4.02. The van der Waals surface area contributed by atoms with Gasteiger partial charge in [0.2, 0.25) is 0 Å². The lowest BCUT2D eigenvalue weighted by molar-refractivity contribution is 0.102. The molecule has 0 unspecified atom stereocenters. The van der Waals surface area contributed by atoms with E-state index in [1.807, 2.05) is 24.3 Å². The molecule has 3 aromatic rings. The highest BCUT2D eigenvalue weighted by atomic mass is 16.5. The molecule has 132 valence electrons. The number of anilines is 3. The van der Waals surface area contributed by atoms with Gasteiger partial charge in [0.1, 0.15) is 11.6 Å². The van der Waals surface area contributed by atoms with Gasteiger partial charge in [-0.2, -0.15) is 0 Å². The molecule has 1 amide bonds. The van der Waals surface area contributed by atoms with Gasteiger partial charge in [0.15, 0.2) is 0 Å². The summed E-state index contributed by atoms with van der Waals surface area (Å²) >= 11 is 0. The van der Waals surface area contributed by atoms with E-state index in [0.717, 1.165) is 11.3 Å². The van der Waals surface area contributed by atoms with Gasteiger partial charge in [-0.3, -0.25) is 4.79 Å². The Morgan fingerprint density at radius 1 is 1.04 bits per heavy atom. The average molecular weight is 347 g/mol. The molecule has 0 aliphatic rings. The van der Waals surface area contributed by atoms with Crippen LogP contribution in [0.3, 0.4) is 0 Å². The lowest BCUT2D eigenvalue weighted by Gasteiger charge is -2.11. The van der Waals surface area contributed by atoms with Crippen LogP contribution in [0.1, 0.15) is 21.5 Å². The molecule has 2 N–H and O–H groups in total. The highest BCUT2D eigenvalue weighted by Crippen LogP contribution is 2.22. The minimum Gasteiger partial charge on any atom is -0.496 e. The summed E-state index contributed by atoms with van der Waals surface area (Å²) in [6.45, 7) is 4.12. The van der Waals surface area contributed by atoms with Crippen LogP contribution < -0.4 is 15.4 Å². The molecule has 0 saturated carbocycles. The van der Waals surface area contributed by atoms with Crippen molar-refractivity contribution >= 4 is 23.1 Å². The molecule has 0 aliphatic carbocycles. The maximum atomic E-state index is 12.4. The summed E-state index contributed by atoms with van der Waals surface area (Å²) in [5.74, 6) is 1.01. The molecule has 1 heterocycles. The summed E-state index contributed by atoms with van der Waals surface area (Å²) in [6.07, 6.45) is 1.62. The zero-order valence-electron chi connectivity index (χ0n) is 15.0. The van der Waals surface area contributed by atoms with Crippen molar-refractivity contribution in [3.63, 3.8) is 0 Å². The number of para-hydroxylation sites is 1. The number of rotatable bonds is 5. The van der Waals surface area contributed by atoms with Crippen LogP contribution in [0, 0.1) is 13.8 Å². The van der Waals surface area contributed by atoms with Crippen molar-refractivity contribution in [2.45, 2.75) is 13.8 Å². The Balaban J connectivity index is 1.70. The van der Waals surface area contributed by atoms with Crippen LogP contribution in [-0.2, 0) is 0 Å². The number of nitrogens with zero attached hydrogens (tertiary/aromatic N) is 1. The molecule has 1 aromatic heterocycles. The Hall–Kier alpha value is -3.34. The van der Waals surface area contributed by atoms with E-state index >= 15 is 0 Å². The highest BCUT2D eigenvalue weighted by molar-refractivity contribution is 6.06. The molecule has 5 heteroatoms. The van der Waals surface area contributed by atoms with E-state index in [9.17, 15) is 4.79 Å². The van der Waals surface area contributed by atoms with E-state index in [2.05, 4.69) is 41.6 Å². The third-order valence-electron chi connectivity index (χ3n) is 4.02. The topological polar surface area (TPSA) is 63.2 Å². The van der Waals surface area contributed by atoms with E-state index in [1.165, 1.54) is 5.56 Å². The van der Waals surface area contributed by atoms with Crippen molar-refractivity contribution in [1.82, 2.24) is 4.98 Å². The van der Waals surface area contributed by atoms with Gasteiger partial charge in [0.05, 0.1) is 24.6 Å². The lowest BCUT2D eigenvalue weighted by atomic mass is 10.1. The van der Waals surface area contributed by atoms with E-state index in [4.69, 9.17) is 4.74 Å². The van der Waals surface area contributed by atoms with Gasteiger partial charge in [-0.05, 0) is 49.7 Å². The average Bonchev–Trinajstić information content (AvgIpc) is 2.65. The van der Waals surface area contributed by atoms with Gasteiger partial charge in [-0.25, -0.2) is 4.98 Å². The Kier molecular flexibility index (Phi) is 5.17. The van der Waals surface area contributed by atoms with Gasteiger partial charge in [-0.15, -0.1) is 0 Å². The summed E-state index contributed by atoms with van der Waals surface area (Å²) in [6, 6.07) is 16.9. The van der Waals surface area contributed by atoms with Crippen molar-refractivity contribution < 1.29 is 9.53 Å². The predicted octanol–water partition coefficient (Wildman–Crippen LogP) is 4.70. The Morgan fingerprint density at radius 2 is 1.85 bits per heavy atom. The van der Waals surface area contributed by atoms with Gasteiger partial charge < -0.3 is 15.4 Å². The van der Waals surface area contributed by atoms with Gasteiger partial charge in [0, 0.05) is 5.69 Å². The van der Waals surface area contributed by atoms with Crippen molar-refractivity contribution in [3.8, 4) is 5.75 Å². The van der Waals surface area contributed by atoms with Crippen LogP contribution in [-0.4, -0.2) is 18.0 Å². The lowest BCUT2D eigenvalue weighted by Crippen LogP contribution is -2.13. The molecular weight excluding hydrogens is 326 g/mol. The van der Waals surface area contributed by atoms with Crippen molar-refractivity contribution in [1.29, 1.82) is 0 Å². The van der Waals surface area contributed by atoms with Crippen LogP contribution in [0.25, 0.3) is 0 Å². The van der Waals surface area contributed by atoms with E-state index in [0.29, 0.717) is 22.8 Å². The SMILES string of the molecule is COc1ccccc1C(=O)Nc1ccc(Nc2ccc(C)cc2C)nc1. The number of nitrogens with one attached hydrogen (secondary N) is 2. The van der Waals surface area contributed by atoms with E-state index < -0.39 is 0 Å². The molecule has 0 radical (unpaired) electrons. The molecule has 26 heavy (non-hydrogen) atoms. The molecule has 0 atom stereocenters. The van der Waals surface area contributed by atoms with Crippen LogP contribution in [0.4, 0.5) is 17.2 Å². The van der Waals surface area contributed by atoms with Crippen LogP contribution in [0.5, 0.6) is 5.75 Å². The fourth-order valence-electron chi connectivity index (χ4n) is 2.66. The number of aromatic nitrogens is 1. The molecular formula is C21H21N3O2. The monoisotopic (exact) mass is 347 g/mol. The number of ether oxygens (including phenoxy) is 1. The second-order valence-electron chi connectivity index (χ2n) is 6.03. The molecule has 5 nitrogen and oxygen atoms in total. The summed E-state index contributed by atoms with van der Waals surface area (Å²) in [5.41, 5.74) is 4.48. The number of methoxy groups -OCH3 is 1. The second-order valence-corrected chi connectivity index (χ2v) is 6.03. The van der Waals surface area contributed by atoms with E-state index in [1.54, 1.807) is 31.5 Å². The van der Waals surface area contributed by atoms with Crippen molar-refractivity contribution in [3.05, 3.63) is 77.5 Å². The quantitative estimate of drug-likeness (QED) is 0.702. The number of carbonyl (C=O) groups excluding carboxylic acids is 1. The van der Waals surface area contributed by atoms with Gasteiger partial charge in [0.25, 0.3) is 5.91 Å². The molecule has 0 spiro atoms. The number of carbonyl (C=O) groups is 1. The maximum Gasteiger partial charge on any atom is 0.259 e. The van der Waals surface area contributed by atoms with E-state index in [-0.39, 0.29) is 5.91 Å². The zero-order chi connectivity index (χ0) is 18.5. The zero-order valence-corrected chi connectivity index (χ0v) is 15.0. The molecule has 0 fully saturated rings. The van der Waals surface area contributed by atoms with Crippen LogP contribution in [0.15, 0.2) is 60.8 Å². The first-order valence-corrected chi connectivity index (χ1v) is 8.31. The largest absolute Gasteiger partial charge is 0.496 e. The number of aryl methyl sites for hydroxylation is 2. The summed E-state index contributed by atoms with van der Waals surface area (Å²) < 4.78 is 5.22. The van der Waals surface area contributed by atoms with Gasteiger partial charge >= 0.3 is 0 Å². The normalized spacial score (nSPS) is 10.3. The Bertz CT molecular complexity index is 921. The van der Waals surface area contributed by atoms with Crippen molar-refractivity contribution in [2.75, 3.05) is 17.7 Å². The Morgan fingerprint density at radius 3 is 2.54 bits per heavy atom. The third kappa shape index (κ3) is 4.00. The molecule has 0 saturated heterocycles. The summed E-state index contributed by atoms with van der Waals surface area (Å²) in [4.78, 5) is 16.8. The first-order valence-electron chi connectivity index (χ1n) is 8.31. The number of benzene rings is 2.